The van der Waals surface area contributed by atoms with Gasteiger partial charge in [-0.05, 0) is 24.1 Å². The second-order valence-electron chi connectivity index (χ2n) is 4.45. The van der Waals surface area contributed by atoms with E-state index in [4.69, 9.17) is 11.6 Å². The number of hydrogen-bond acceptors (Lipinski definition) is 3. The third-order valence-corrected chi connectivity index (χ3v) is 3.70. The van der Waals surface area contributed by atoms with Crippen molar-refractivity contribution in [1.29, 1.82) is 0 Å². The zero-order valence-electron chi connectivity index (χ0n) is 10.5. The Kier molecular flexibility index (Phi) is 6.39. The summed E-state index contributed by atoms with van der Waals surface area (Å²) >= 11 is 6.27. The molecule has 18 heavy (non-hydrogen) atoms. The van der Waals surface area contributed by atoms with Crippen LogP contribution in [0.5, 0.6) is 0 Å². The van der Waals surface area contributed by atoms with Gasteiger partial charge in [0.25, 0.3) is 0 Å². The van der Waals surface area contributed by atoms with Crippen molar-refractivity contribution in [3.05, 3.63) is 34.3 Å². The molecule has 102 valence electrons. The molecule has 1 fully saturated rings. The maximum Gasteiger partial charge on any atom is 0.0629 e. The van der Waals surface area contributed by atoms with Crippen molar-refractivity contribution in [1.82, 2.24) is 10.2 Å². The highest BCUT2D eigenvalue weighted by atomic mass is 35.5. The first-order valence-corrected chi connectivity index (χ1v) is 6.42. The fourth-order valence-corrected chi connectivity index (χ4v) is 2.80. The zero-order chi connectivity index (χ0) is 12.3. The van der Waals surface area contributed by atoms with Crippen molar-refractivity contribution in [3.63, 3.8) is 0 Å². The van der Waals surface area contributed by atoms with Gasteiger partial charge in [-0.3, -0.25) is 4.90 Å². The van der Waals surface area contributed by atoms with Crippen molar-refractivity contribution < 1.29 is 5.11 Å². The van der Waals surface area contributed by atoms with Gasteiger partial charge in [-0.15, -0.1) is 12.4 Å². The maximum atomic E-state index is 9.66. The molecular formula is C13H20Cl2N2O. The molecule has 1 saturated heterocycles. The minimum Gasteiger partial charge on any atom is -0.394 e. The Morgan fingerprint density at radius 3 is 2.61 bits per heavy atom. The largest absolute Gasteiger partial charge is 0.394 e. The van der Waals surface area contributed by atoms with E-state index in [1.807, 2.05) is 25.1 Å². The maximum absolute atomic E-state index is 9.66. The minimum absolute atomic E-state index is 0. The summed E-state index contributed by atoms with van der Waals surface area (Å²) < 4.78 is 0. The SMILES string of the molecule is Cc1cccc(Cl)c1[C@@H](CO)N1CCNCC1.Cl. The first-order valence-electron chi connectivity index (χ1n) is 6.04. The van der Waals surface area contributed by atoms with Crippen LogP contribution in [0.1, 0.15) is 17.2 Å². The second-order valence-corrected chi connectivity index (χ2v) is 4.86. The first kappa shape index (κ1) is 15.7. The number of aliphatic hydroxyl groups is 1. The predicted octanol–water partition coefficient (Wildman–Crippen LogP) is 2.01. The number of hydrogen-bond donors (Lipinski definition) is 2. The van der Waals surface area contributed by atoms with Crippen LogP contribution in [0.4, 0.5) is 0 Å². The van der Waals surface area contributed by atoms with Crippen molar-refractivity contribution in [2.45, 2.75) is 13.0 Å². The van der Waals surface area contributed by atoms with Crippen LogP contribution in [0.3, 0.4) is 0 Å². The van der Waals surface area contributed by atoms with Gasteiger partial charge in [0.1, 0.15) is 0 Å². The lowest BCUT2D eigenvalue weighted by molar-refractivity contribution is 0.110. The average Bonchev–Trinajstić information content (AvgIpc) is 2.35. The third-order valence-electron chi connectivity index (χ3n) is 3.37. The lowest BCUT2D eigenvalue weighted by atomic mass is 10.00. The fourth-order valence-electron chi connectivity index (χ4n) is 2.45. The van der Waals surface area contributed by atoms with Gasteiger partial charge < -0.3 is 10.4 Å². The van der Waals surface area contributed by atoms with Gasteiger partial charge in [0.05, 0.1) is 12.6 Å². The highest BCUT2D eigenvalue weighted by Gasteiger charge is 2.24. The summed E-state index contributed by atoms with van der Waals surface area (Å²) in [4.78, 5) is 2.30. The number of nitrogens with one attached hydrogen (secondary N) is 1. The molecule has 1 aliphatic rings. The lowest BCUT2D eigenvalue weighted by Crippen LogP contribution is -2.46. The summed E-state index contributed by atoms with van der Waals surface area (Å²) in [6, 6.07) is 5.92. The van der Waals surface area contributed by atoms with Crippen LogP contribution >= 0.6 is 24.0 Å². The van der Waals surface area contributed by atoms with E-state index >= 15 is 0 Å². The van der Waals surface area contributed by atoms with E-state index in [1.54, 1.807) is 0 Å². The number of aliphatic hydroxyl groups excluding tert-OH is 1. The zero-order valence-corrected chi connectivity index (χ0v) is 12.1. The molecule has 0 spiro atoms. The van der Waals surface area contributed by atoms with Gasteiger partial charge in [-0.25, -0.2) is 0 Å². The van der Waals surface area contributed by atoms with E-state index in [2.05, 4.69) is 10.2 Å². The predicted molar refractivity (Wildman–Crippen MR) is 77.7 cm³/mol. The highest BCUT2D eigenvalue weighted by molar-refractivity contribution is 6.31. The van der Waals surface area contributed by atoms with E-state index in [0.717, 1.165) is 42.3 Å². The Labute approximate surface area is 120 Å². The van der Waals surface area contributed by atoms with Gasteiger partial charge in [0, 0.05) is 31.2 Å². The van der Waals surface area contributed by atoms with Crippen LogP contribution in [0, 0.1) is 6.92 Å². The minimum atomic E-state index is 0. The van der Waals surface area contributed by atoms with E-state index in [1.165, 1.54) is 0 Å². The molecule has 0 bridgehead atoms. The summed E-state index contributed by atoms with van der Waals surface area (Å²) in [5.41, 5.74) is 2.22. The van der Waals surface area contributed by atoms with Crippen molar-refractivity contribution in [3.8, 4) is 0 Å². The molecule has 3 nitrogen and oxygen atoms in total. The normalized spacial score (nSPS) is 18.2. The van der Waals surface area contributed by atoms with Gasteiger partial charge in [-0.1, -0.05) is 23.7 Å². The quantitative estimate of drug-likeness (QED) is 0.894. The lowest BCUT2D eigenvalue weighted by Gasteiger charge is -2.35. The average molecular weight is 291 g/mol. The van der Waals surface area contributed by atoms with Crippen molar-refractivity contribution in [2.75, 3.05) is 32.8 Å². The van der Waals surface area contributed by atoms with Gasteiger partial charge in [0.15, 0.2) is 0 Å². The molecule has 0 radical (unpaired) electrons. The van der Waals surface area contributed by atoms with Crippen LogP contribution in [0.25, 0.3) is 0 Å². The Hall–Kier alpha value is -0.320. The molecule has 1 aromatic rings. The van der Waals surface area contributed by atoms with E-state index in [0.29, 0.717) is 0 Å². The first-order chi connectivity index (χ1) is 8.24. The van der Waals surface area contributed by atoms with Crippen LogP contribution in [-0.4, -0.2) is 42.8 Å². The third kappa shape index (κ3) is 3.37. The summed E-state index contributed by atoms with van der Waals surface area (Å²) in [5, 5.41) is 13.7. The van der Waals surface area contributed by atoms with E-state index in [-0.39, 0.29) is 25.1 Å². The van der Waals surface area contributed by atoms with Crippen molar-refractivity contribution in [2.24, 2.45) is 0 Å². The molecule has 1 aliphatic heterocycles. The number of benzene rings is 1. The molecule has 0 saturated carbocycles. The number of nitrogens with zero attached hydrogens (tertiary/aromatic N) is 1. The topological polar surface area (TPSA) is 35.5 Å². The fraction of sp³-hybridized carbons (Fsp3) is 0.538. The van der Waals surface area contributed by atoms with E-state index < -0.39 is 0 Å². The smallest absolute Gasteiger partial charge is 0.0629 e. The molecule has 0 unspecified atom stereocenters. The molecule has 0 aromatic heterocycles. The van der Waals surface area contributed by atoms with Gasteiger partial charge in [0.2, 0.25) is 0 Å². The highest BCUT2D eigenvalue weighted by Crippen LogP contribution is 2.30. The van der Waals surface area contributed by atoms with E-state index in [9.17, 15) is 5.11 Å². The number of halogens is 2. The van der Waals surface area contributed by atoms with Crippen LogP contribution < -0.4 is 5.32 Å². The molecule has 1 atom stereocenters. The summed E-state index contributed by atoms with van der Waals surface area (Å²) in [6.45, 7) is 6.02. The summed E-state index contributed by atoms with van der Waals surface area (Å²) in [6.07, 6.45) is 0. The number of aryl methyl sites for hydroxylation is 1. The molecule has 0 aliphatic carbocycles. The van der Waals surface area contributed by atoms with Crippen molar-refractivity contribution >= 4 is 24.0 Å². The summed E-state index contributed by atoms with van der Waals surface area (Å²) in [5.74, 6) is 0. The Morgan fingerprint density at radius 2 is 2.06 bits per heavy atom. The monoisotopic (exact) mass is 290 g/mol. The Bertz CT molecular complexity index is 361. The molecule has 1 aromatic carbocycles. The molecular weight excluding hydrogens is 271 g/mol. The van der Waals surface area contributed by atoms with Gasteiger partial charge >= 0.3 is 0 Å². The van der Waals surface area contributed by atoms with Crippen LogP contribution in [-0.2, 0) is 0 Å². The second kappa shape index (κ2) is 7.31. The molecule has 0 amide bonds. The summed E-state index contributed by atoms with van der Waals surface area (Å²) in [7, 11) is 0. The Balaban J connectivity index is 0.00000162. The molecule has 2 rings (SSSR count). The number of rotatable bonds is 3. The van der Waals surface area contributed by atoms with Crippen LogP contribution in [0.15, 0.2) is 18.2 Å². The Morgan fingerprint density at radius 1 is 1.39 bits per heavy atom. The van der Waals surface area contributed by atoms with Crippen LogP contribution in [0.2, 0.25) is 5.02 Å². The molecule has 5 heteroatoms. The number of piperazine rings is 1. The molecule has 1 heterocycles. The van der Waals surface area contributed by atoms with Gasteiger partial charge in [-0.2, -0.15) is 0 Å². The molecule has 2 N–H and O–H groups in total. The standard InChI is InChI=1S/C13H19ClN2O.ClH/c1-10-3-2-4-11(14)13(10)12(9-17)16-7-5-15-6-8-16;/h2-4,12,15,17H,5-9H2,1H3;1H/t12-;/m1./s1.